The highest BCUT2D eigenvalue weighted by Gasteiger charge is 2.26. The van der Waals surface area contributed by atoms with E-state index in [0.717, 1.165) is 28.5 Å². The van der Waals surface area contributed by atoms with Gasteiger partial charge in [-0.05, 0) is 62.9 Å². The number of pyridine rings is 2. The van der Waals surface area contributed by atoms with E-state index in [1.165, 1.54) is 64.6 Å². The lowest BCUT2D eigenvalue weighted by molar-refractivity contribution is 0.162. The van der Waals surface area contributed by atoms with Gasteiger partial charge in [0.15, 0.2) is 11.5 Å². The van der Waals surface area contributed by atoms with Crippen LogP contribution in [0.4, 0.5) is 0 Å². The molecule has 5 rings (SSSR count). The van der Waals surface area contributed by atoms with Gasteiger partial charge in [-0.15, -0.1) is 0 Å². The molecule has 28 heavy (non-hydrogen) atoms. The molecule has 4 heterocycles. The van der Waals surface area contributed by atoms with Crippen molar-refractivity contribution in [2.75, 3.05) is 19.6 Å². The first-order chi connectivity index (χ1) is 13.8. The summed E-state index contributed by atoms with van der Waals surface area (Å²) in [6, 6.07) is 8.22. The quantitative estimate of drug-likeness (QED) is 0.671. The molecule has 0 amide bonds. The molecule has 1 saturated heterocycles. The Hall–Kier alpha value is -2.27. The molecule has 1 saturated carbocycles. The maximum absolute atomic E-state index is 4.83. The van der Waals surface area contributed by atoms with Gasteiger partial charge in [0.05, 0.1) is 0 Å². The Morgan fingerprint density at radius 1 is 0.929 bits per heavy atom. The van der Waals surface area contributed by atoms with E-state index in [1.807, 2.05) is 16.8 Å². The standard InChI is InChI=1S/C23H29N5/c1-2-5-18(6-3-1)16-27-13-10-19(11-14-27)23-25-22-9-8-21(17-28(22)26-23)20-7-4-12-24-15-20/h4,7-9,12,15,17-19H,1-3,5-6,10-11,13-14,16H2. The zero-order valence-electron chi connectivity index (χ0n) is 16.5. The third-order valence-corrected chi connectivity index (χ3v) is 6.54. The van der Waals surface area contributed by atoms with E-state index in [0.29, 0.717) is 5.92 Å². The second-order valence-electron chi connectivity index (χ2n) is 8.51. The van der Waals surface area contributed by atoms with Crippen LogP contribution in [0.1, 0.15) is 56.7 Å². The van der Waals surface area contributed by atoms with Gasteiger partial charge in [-0.1, -0.05) is 25.3 Å². The molecule has 1 aliphatic heterocycles. The SMILES string of the molecule is c1cncc(-c2ccc3nc(C4CCN(CC5CCCCC5)CC4)nn3c2)c1. The predicted molar refractivity (Wildman–Crippen MR) is 111 cm³/mol. The van der Waals surface area contributed by atoms with Gasteiger partial charge in [0.1, 0.15) is 0 Å². The number of hydrogen-bond acceptors (Lipinski definition) is 4. The monoisotopic (exact) mass is 375 g/mol. The van der Waals surface area contributed by atoms with E-state index in [1.54, 1.807) is 6.20 Å². The number of aromatic nitrogens is 4. The van der Waals surface area contributed by atoms with Crippen molar-refractivity contribution in [3.8, 4) is 11.1 Å². The molecule has 2 fully saturated rings. The van der Waals surface area contributed by atoms with Crippen molar-refractivity contribution in [2.45, 2.75) is 50.9 Å². The lowest BCUT2D eigenvalue weighted by Gasteiger charge is -2.34. The molecule has 0 radical (unpaired) electrons. The molecule has 0 bridgehead atoms. The second kappa shape index (κ2) is 8.00. The van der Waals surface area contributed by atoms with Gasteiger partial charge in [-0.25, -0.2) is 9.50 Å². The largest absolute Gasteiger partial charge is 0.303 e. The summed E-state index contributed by atoms with van der Waals surface area (Å²) in [7, 11) is 0. The maximum atomic E-state index is 4.83. The Labute approximate surface area is 166 Å². The summed E-state index contributed by atoms with van der Waals surface area (Å²) in [5.74, 6) is 2.44. The van der Waals surface area contributed by atoms with Gasteiger partial charge in [0.2, 0.25) is 0 Å². The molecule has 0 N–H and O–H groups in total. The Balaban J connectivity index is 1.25. The van der Waals surface area contributed by atoms with Crippen molar-refractivity contribution in [1.29, 1.82) is 0 Å². The van der Waals surface area contributed by atoms with E-state index >= 15 is 0 Å². The summed E-state index contributed by atoms with van der Waals surface area (Å²) in [6.07, 6.45) is 15.3. The van der Waals surface area contributed by atoms with Crippen molar-refractivity contribution in [3.63, 3.8) is 0 Å². The van der Waals surface area contributed by atoms with Gasteiger partial charge in [0.25, 0.3) is 0 Å². The fourth-order valence-corrected chi connectivity index (χ4v) is 4.89. The highest BCUT2D eigenvalue weighted by molar-refractivity contribution is 5.63. The van der Waals surface area contributed by atoms with E-state index in [2.05, 4.69) is 34.3 Å². The van der Waals surface area contributed by atoms with E-state index in [4.69, 9.17) is 10.1 Å². The maximum Gasteiger partial charge on any atom is 0.155 e. The molecule has 5 heteroatoms. The summed E-state index contributed by atoms with van der Waals surface area (Å²) in [5, 5.41) is 4.83. The molecule has 0 spiro atoms. The zero-order chi connectivity index (χ0) is 18.8. The average Bonchev–Trinajstić information content (AvgIpc) is 3.19. The molecule has 3 aromatic rings. The lowest BCUT2D eigenvalue weighted by atomic mass is 9.88. The highest BCUT2D eigenvalue weighted by Crippen LogP contribution is 2.30. The number of fused-ring (bicyclic) bond motifs is 1. The minimum absolute atomic E-state index is 0.490. The molecule has 1 aliphatic carbocycles. The van der Waals surface area contributed by atoms with Gasteiger partial charge in [-0.3, -0.25) is 4.98 Å². The van der Waals surface area contributed by atoms with E-state index in [-0.39, 0.29) is 0 Å². The topological polar surface area (TPSA) is 46.3 Å². The minimum Gasteiger partial charge on any atom is -0.303 e. The van der Waals surface area contributed by atoms with Crippen LogP contribution in [0.15, 0.2) is 42.9 Å². The second-order valence-corrected chi connectivity index (χ2v) is 8.51. The number of rotatable bonds is 4. The Bertz CT molecular complexity index is 905. The first-order valence-corrected chi connectivity index (χ1v) is 10.8. The molecular weight excluding hydrogens is 346 g/mol. The highest BCUT2D eigenvalue weighted by atomic mass is 15.3. The number of nitrogens with zero attached hydrogens (tertiary/aromatic N) is 5. The first kappa shape index (κ1) is 17.8. The van der Waals surface area contributed by atoms with Gasteiger partial charge >= 0.3 is 0 Å². The molecule has 0 unspecified atom stereocenters. The Morgan fingerprint density at radius 2 is 1.79 bits per heavy atom. The molecule has 0 aromatic carbocycles. The van der Waals surface area contributed by atoms with Crippen LogP contribution in [0.5, 0.6) is 0 Å². The van der Waals surface area contributed by atoms with Crippen molar-refractivity contribution < 1.29 is 0 Å². The van der Waals surface area contributed by atoms with E-state index < -0.39 is 0 Å². The average molecular weight is 376 g/mol. The Morgan fingerprint density at radius 3 is 2.57 bits per heavy atom. The first-order valence-electron chi connectivity index (χ1n) is 10.8. The van der Waals surface area contributed by atoms with Crippen LogP contribution in [0.25, 0.3) is 16.8 Å². The predicted octanol–water partition coefficient (Wildman–Crippen LogP) is 4.55. The number of hydrogen-bond donors (Lipinski definition) is 0. The minimum atomic E-state index is 0.490. The van der Waals surface area contributed by atoms with Crippen LogP contribution in [-0.2, 0) is 0 Å². The van der Waals surface area contributed by atoms with Gasteiger partial charge in [0, 0.05) is 42.2 Å². The summed E-state index contributed by atoms with van der Waals surface area (Å²) < 4.78 is 1.94. The number of piperidine rings is 1. The smallest absolute Gasteiger partial charge is 0.155 e. The van der Waals surface area contributed by atoms with Crippen molar-refractivity contribution >= 4 is 5.65 Å². The molecular formula is C23H29N5. The summed E-state index contributed by atoms with van der Waals surface area (Å²) >= 11 is 0. The third kappa shape index (κ3) is 3.81. The lowest BCUT2D eigenvalue weighted by Crippen LogP contribution is -2.37. The molecule has 146 valence electrons. The zero-order valence-corrected chi connectivity index (χ0v) is 16.5. The molecule has 3 aromatic heterocycles. The van der Waals surface area contributed by atoms with Crippen molar-refractivity contribution in [2.24, 2.45) is 5.92 Å². The van der Waals surface area contributed by atoms with Crippen LogP contribution >= 0.6 is 0 Å². The van der Waals surface area contributed by atoms with Crippen LogP contribution in [0.3, 0.4) is 0 Å². The molecule has 2 aliphatic rings. The molecule has 0 atom stereocenters. The fourth-order valence-electron chi connectivity index (χ4n) is 4.89. The summed E-state index contributed by atoms with van der Waals surface area (Å²) in [6.45, 7) is 3.69. The van der Waals surface area contributed by atoms with Gasteiger partial charge in [-0.2, -0.15) is 5.10 Å². The summed E-state index contributed by atoms with van der Waals surface area (Å²) in [5.41, 5.74) is 3.17. The van der Waals surface area contributed by atoms with Crippen molar-refractivity contribution in [1.82, 2.24) is 24.5 Å². The number of likely N-dealkylation sites (tertiary alicyclic amines) is 1. The summed E-state index contributed by atoms with van der Waals surface area (Å²) in [4.78, 5) is 11.7. The fraction of sp³-hybridized carbons (Fsp3) is 0.522. The normalized spacial score (nSPS) is 20.0. The van der Waals surface area contributed by atoms with Crippen LogP contribution in [0.2, 0.25) is 0 Å². The van der Waals surface area contributed by atoms with Crippen molar-refractivity contribution in [3.05, 3.63) is 48.7 Å². The van der Waals surface area contributed by atoms with Crippen LogP contribution in [-0.4, -0.2) is 44.1 Å². The van der Waals surface area contributed by atoms with Crippen LogP contribution < -0.4 is 0 Å². The third-order valence-electron chi connectivity index (χ3n) is 6.54. The van der Waals surface area contributed by atoms with E-state index in [9.17, 15) is 0 Å². The van der Waals surface area contributed by atoms with Crippen LogP contribution in [0, 0.1) is 5.92 Å². The molecule has 5 nitrogen and oxygen atoms in total. The van der Waals surface area contributed by atoms with Gasteiger partial charge < -0.3 is 4.90 Å². The Kier molecular flexibility index (Phi) is 5.08.